The monoisotopic (exact) mass is 338 g/mol. The molecule has 0 aliphatic carbocycles. The van der Waals surface area contributed by atoms with Gasteiger partial charge in [0.25, 0.3) is 5.91 Å². The maximum absolute atomic E-state index is 12.2. The van der Waals surface area contributed by atoms with Gasteiger partial charge < -0.3 is 10.1 Å². The fourth-order valence-electron chi connectivity index (χ4n) is 2.50. The lowest BCUT2D eigenvalue weighted by atomic mass is 9.95. The molecule has 2 heterocycles. The van der Waals surface area contributed by atoms with E-state index in [0.29, 0.717) is 11.4 Å². The second-order valence-electron chi connectivity index (χ2n) is 5.27. The molecule has 0 radical (unpaired) electrons. The highest BCUT2D eigenvalue weighted by Gasteiger charge is 2.17. The Balaban J connectivity index is 1.81. The summed E-state index contributed by atoms with van der Waals surface area (Å²) in [5, 5.41) is 4.91. The van der Waals surface area contributed by atoms with Crippen molar-refractivity contribution in [1.29, 1.82) is 0 Å². The zero-order chi connectivity index (χ0) is 16.8. The molecule has 3 aromatic rings. The standard InChI is InChI=1S/C19H18N2O2S/c1-23-15-9-7-14(8-10-15)16(17-5-2-3-11-20-17)13-21-19(22)18-6-4-12-24-18/h2-12,16H,13H2,1H3,(H,21,22). The number of aromatic nitrogens is 1. The van der Waals surface area contributed by atoms with Crippen molar-refractivity contribution in [1.82, 2.24) is 10.3 Å². The molecule has 24 heavy (non-hydrogen) atoms. The summed E-state index contributed by atoms with van der Waals surface area (Å²) in [5.74, 6) is 0.738. The van der Waals surface area contributed by atoms with Crippen molar-refractivity contribution in [2.24, 2.45) is 0 Å². The van der Waals surface area contributed by atoms with Crippen LogP contribution in [0.2, 0.25) is 0 Å². The van der Waals surface area contributed by atoms with Crippen LogP contribution in [0.25, 0.3) is 0 Å². The van der Waals surface area contributed by atoms with Crippen LogP contribution in [-0.4, -0.2) is 24.5 Å². The number of carbonyl (C=O) groups excluding carboxylic acids is 1. The van der Waals surface area contributed by atoms with E-state index < -0.39 is 0 Å². The second-order valence-corrected chi connectivity index (χ2v) is 6.22. The number of benzene rings is 1. The summed E-state index contributed by atoms with van der Waals surface area (Å²) in [6.45, 7) is 0.486. The Morgan fingerprint density at radius 3 is 2.62 bits per heavy atom. The van der Waals surface area contributed by atoms with Gasteiger partial charge >= 0.3 is 0 Å². The minimum Gasteiger partial charge on any atom is -0.497 e. The molecule has 0 aliphatic rings. The first-order valence-corrected chi connectivity index (χ1v) is 8.52. The summed E-state index contributed by atoms with van der Waals surface area (Å²) in [4.78, 5) is 17.4. The number of nitrogens with one attached hydrogen (secondary N) is 1. The molecule has 0 spiro atoms. The van der Waals surface area contributed by atoms with Crippen LogP contribution in [0.1, 0.15) is 26.8 Å². The van der Waals surface area contributed by atoms with Gasteiger partial charge in [-0.25, -0.2) is 0 Å². The number of ether oxygens (including phenoxy) is 1. The lowest BCUT2D eigenvalue weighted by molar-refractivity contribution is 0.0956. The lowest BCUT2D eigenvalue weighted by Gasteiger charge is -2.18. The van der Waals surface area contributed by atoms with E-state index in [1.54, 1.807) is 13.3 Å². The van der Waals surface area contributed by atoms with Crippen LogP contribution in [0, 0.1) is 0 Å². The average molecular weight is 338 g/mol. The highest BCUT2D eigenvalue weighted by molar-refractivity contribution is 7.12. The number of pyridine rings is 1. The van der Waals surface area contributed by atoms with E-state index in [9.17, 15) is 4.79 Å². The SMILES string of the molecule is COc1ccc(C(CNC(=O)c2cccs2)c2ccccn2)cc1. The topological polar surface area (TPSA) is 51.2 Å². The minimum atomic E-state index is -0.0561. The Labute approximate surface area is 145 Å². The van der Waals surface area contributed by atoms with E-state index >= 15 is 0 Å². The molecule has 5 heteroatoms. The van der Waals surface area contributed by atoms with E-state index in [1.165, 1.54) is 11.3 Å². The molecule has 4 nitrogen and oxygen atoms in total. The fourth-order valence-corrected chi connectivity index (χ4v) is 3.14. The fraction of sp³-hybridized carbons (Fsp3) is 0.158. The lowest BCUT2D eigenvalue weighted by Crippen LogP contribution is -2.28. The van der Waals surface area contributed by atoms with Crippen LogP contribution < -0.4 is 10.1 Å². The maximum Gasteiger partial charge on any atom is 0.261 e. The van der Waals surface area contributed by atoms with Gasteiger partial charge in [0.2, 0.25) is 0 Å². The molecule has 0 bridgehead atoms. The number of hydrogen-bond donors (Lipinski definition) is 1. The van der Waals surface area contributed by atoms with Crippen LogP contribution in [0.4, 0.5) is 0 Å². The predicted molar refractivity (Wildman–Crippen MR) is 95.7 cm³/mol. The first-order valence-electron chi connectivity index (χ1n) is 7.64. The number of rotatable bonds is 6. The number of thiophene rings is 1. The third kappa shape index (κ3) is 3.81. The van der Waals surface area contributed by atoms with Crippen molar-refractivity contribution in [3.63, 3.8) is 0 Å². The molecule has 3 rings (SSSR count). The van der Waals surface area contributed by atoms with Gasteiger partial charge in [0.1, 0.15) is 5.75 Å². The van der Waals surface area contributed by atoms with E-state index in [0.717, 1.165) is 17.0 Å². The molecule has 0 aliphatic heterocycles. The number of methoxy groups -OCH3 is 1. The molecule has 1 atom stereocenters. The van der Waals surface area contributed by atoms with Gasteiger partial charge in [-0.2, -0.15) is 0 Å². The van der Waals surface area contributed by atoms with Crippen LogP contribution in [0.5, 0.6) is 5.75 Å². The summed E-state index contributed by atoms with van der Waals surface area (Å²) in [6.07, 6.45) is 1.77. The Bertz CT molecular complexity index is 771. The number of nitrogens with zero attached hydrogens (tertiary/aromatic N) is 1. The minimum absolute atomic E-state index is 0.0129. The molecule has 122 valence electrons. The smallest absolute Gasteiger partial charge is 0.261 e. The largest absolute Gasteiger partial charge is 0.497 e. The zero-order valence-corrected chi connectivity index (χ0v) is 14.1. The van der Waals surface area contributed by atoms with E-state index in [2.05, 4.69) is 10.3 Å². The van der Waals surface area contributed by atoms with Crippen LogP contribution in [-0.2, 0) is 0 Å². The molecule has 1 N–H and O–H groups in total. The van der Waals surface area contributed by atoms with Gasteiger partial charge in [0.05, 0.1) is 12.0 Å². The normalized spacial score (nSPS) is 11.7. The van der Waals surface area contributed by atoms with Gasteiger partial charge in [-0.1, -0.05) is 24.3 Å². The van der Waals surface area contributed by atoms with Gasteiger partial charge in [0.15, 0.2) is 0 Å². The summed E-state index contributed by atoms with van der Waals surface area (Å²) in [7, 11) is 1.65. The molecule has 1 unspecified atom stereocenters. The quantitative estimate of drug-likeness (QED) is 0.745. The van der Waals surface area contributed by atoms with E-state index in [-0.39, 0.29) is 11.8 Å². The highest BCUT2D eigenvalue weighted by atomic mass is 32.1. The maximum atomic E-state index is 12.2. The molecule has 0 fully saturated rings. The Morgan fingerprint density at radius 2 is 2.00 bits per heavy atom. The van der Waals surface area contributed by atoms with Crippen LogP contribution in [0.3, 0.4) is 0 Å². The second kappa shape index (κ2) is 7.75. The summed E-state index contributed by atoms with van der Waals surface area (Å²) in [6, 6.07) is 17.4. The summed E-state index contributed by atoms with van der Waals surface area (Å²) >= 11 is 1.44. The highest BCUT2D eigenvalue weighted by Crippen LogP contribution is 2.24. The van der Waals surface area contributed by atoms with Gasteiger partial charge in [-0.05, 0) is 41.3 Å². The van der Waals surface area contributed by atoms with Crippen LogP contribution in [0.15, 0.2) is 66.2 Å². The summed E-state index contributed by atoms with van der Waals surface area (Å²) in [5.41, 5.74) is 2.01. The third-order valence-electron chi connectivity index (χ3n) is 3.77. The predicted octanol–water partition coefficient (Wildman–Crippen LogP) is 3.71. The average Bonchev–Trinajstić information content (AvgIpc) is 3.18. The van der Waals surface area contributed by atoms with Crippen molar-refractivity contribution in [3.05, 3.63) is 82.3 Å². The van der Waals surface area contributed by atoms with Gasteiger partial charge in [-0.3, -0.25) is 9.78 Å². The van der Waals surface area contributed by atoms with Crippen molar-refractivity contribution in [2.45, 2.75) is 5.92 Å². The molecule has 1 aromatic carbocycles. The summed E-state index contributed by atoms with van der Waals surface area (Å²) < 4.78 is 5.22. The van der Waals surface area contributed by atoms with Crippen molar-refractivity contribution in [3.8, 4) is 5.75 Å². The van der Waals surface area contributed by atoms with Gasteiger partial charge in [0, 0.05) is 24.4 Å². The van der Waals surface area contributed by atoms with E-state index in [4.69, 9.17) is 4.74 Å². The number of amides is 1. The number of hydrogen-bond acceptors (Lipinski definition) is 4. The molecule has 1 amide bonds. The Hall–Kier alpha value is -2.66. The molecular formula is C19H18N2O2S. The van der Waals surface area contributed by atoms with Crippen molar-refractivity contribution in [2.75, 3.05) is 13.7 Å². The van der Waals surface area contributed by atoms with E-state index in [1.807, 2.05) is 60.0 Å². The zero-order valence-electron chi connectivity index (χ0n) is 13.3. The molecule has 2 aromatic heterocycles. The molecular weight excluding hydrogens is 320 g/mol. The third-order valence-corrected chi connectivity index (χ3v) is 4.64. The van der Waals surface area contributed by atoms with Crippen molar-refractivity contribution < 1.29 is 9.53 Å². The Morgan fingerprint density at radius 1 is 1.17 bits per heavy atom. The first kappa shape index (κ1) is 16.2. The molecule has 0 saturated carbocycles. The Kier molecular flexibility index (Phi) is 5.23. The number of carbonyl (C=O) groups is 1. The van der Waals surface area contributed by atoms with Crippen LogP contribution >= 0.6 is 11.3 Å². The van der Waals surface area contributed by atoms with Crippen molar-refractivity contribution >= 4 is 17.2 Å². The van der Waals surface area contributed by atoms with Gasteiger partial charge in [-0.15, -0.1) is 11.3 Å². The first-order chi connectivity index (χ1) is 11.8. The molecule has 0 saturated heterocycles.